The maximum atomic E-state index is 4.91. The van der Waals surface area contributed by atoms with Gasteiger partial charge in [0.25, 0.3) is 0 Å². The second kappa shape index (κ2) is 6.74. The monoisotopic (exact) mass is 270 g/mol. The molecule has 1 heterocycles. The Morgan fingerprint density at radius 2 is 1.95 bits per heavy atom. The second-order valence-corrected chi connectivity index (χ2v) is 5.74. The number of rotatable bonds is 6. The molecule has 0 saturated heterocycles. The summed E-state index contributed by atoms with van der Waals surface area (Å²) in [5.74, 6) is 0.502. The van der Waals surface area contributed by atoms with Gasteiger partial charge in [-0.1, -0.05) is 52.3 Å². The van der Waals surface area contributed by atoms with Crippen LogP contribution in [-0.2, 0) is 6.42 Å². The van der Waals surface area contributed by atoms with E-state index >= 15 is 0 Å². The molecular formula is C18H26N2. The average Bonchev–Trinajstić information content (AvgIpc) is 2.44. The number of pyridine rings is 1. The molecule has 1 aromatic carbocycles. The van der Waals surface area contributed by atoms with Crippen LogP contribution < -0.4 is 5.32 Å². The summed E-state index contributed by atoms with van der Waals surface area (Å²) in [7, 11) is 0. The number of hydrogen-bond acceptors (Lipinski definition) is 2. The van der Waals surface area contributed by atoms with Crippen molar-refractivity contribution in [3.05, 3.63) is 35.5 Å². The van der Waals surface area contributed by atoms with Gasteiger partial charge >= 0.3 is 0 Å². The molecule has 1 N–H and O–H groups in total. The Kier molecular flexibility index (Phi) is 4.99. The normalized spacial score (nSPS) is 11.2. The van der Waals surface area contributed by atoms with Gasteiger partial charge in [-0.25, -0.2) is 0 Å². The van der Waals surface area contributed by atoms with Crippen molar-refractivity contribution in [2.45, 2.75) is 52.9 Å². The third kappa shape index (κ3) is 3.12. The molecule has 2 nitrogen and oxygen atoms in total. The third-order valence-electron chi connectivity index (χ3n) is 3.62. The first kappa shape index (κ1) is 14.8. The standard InChI is InChI=1S/C18H26N2/c1-5-8-14-12-17(19-11-6-2)16-10-7-9-15(13(3)4)18(16)20-14/h7,9-10,12-13H,5-6,8,11H2,1-4H3,(H,19,20). The van der Waals surface area contributed by atoms with E-state index in [1.54, 1.807) is 0 Å². The minimum absolute atomic E-state index is 0.502. The first-order chi connectivity index (χ1) is 9.67. The Morgan fingerprint density at radius 3 is 2.60 bits per heavy atom. The topological polar surface area (TPSA) is 24.9 Å². The smallest absolute Gasteiger partial charge is 0.0760 e. The quantitative estimate of drug-likeness (QED) is 0.786. The maximum Gasteiger partial charge on any atom is 0.0760 e. The summed E-state index contributed by atoms with van der Waals surface area (Å²) in [5, 5.41) is 4.82. The number of para-hydroxylation sites is 1. The summed E-state index contributed by atoms with van der Waals surface area (Å²) in [6.45, 7) is 9.89. The SMILES string of the molecule is CCCNc1cc(CCC)nc2c(C(C)C)cccc12. The summed E-state index contributed by atoms with van der Waals surface area (Å²) in [5.41, 5.74) is 4.96. The van der Waals surface area contributed by atoms with Gasteiger partial charge in [0.2, 0.25) is 0 Å². The van der Waals surface area contributed by atoms with Crippen molar-refractivity contribution >= 4 is 16.6 Å². The summed E-state index contributed by atoms with van der Waals surface area (Å²) in [4.78, 5) is 4.91. The predicted octanol–water partition coefficient (Wildman–Crippen LogP) is 5.13. The Hall–Kier alpha value is -1.57. The number of anilines is 1. The Labute approximate surface area is 122 Å². The fourth-order valence-electron chi connectivity index (χ4n) is 2.58. The zero-order valence-electron chi connectivity index (χ0n) is 13.2. The molecule has 0 unspecified atom stereocenters. The van der Waals surface area contributed by atoms with Crippen molar-refractivity contribution in [1.29, 1.82) is 0 Å². The fraction of sp³-hybridized carbons (Fsp3) is 0.500. The molecule has 0 aliphatic heterocycles. The zero-order valence-corrected chi connectivity index (χ0v) is 13.2. The highest BCUT2D eigenvalue weighted by Crippen LogP contribution is 2.30. The molecule has 0 spiro atoms. The molecule has 2 aromatic rings. The summed E-state index contributed by atoms with van der Waals surface area (Å²) in [6.07, 6.45) is 3.32. The first-order valence-electron chi connectivity index (χ1n) is 7.83. The number of benzene rings is 1. The van der Waals surface area contributed by atoms with Crippen molar-refractivity contribution in [1.82, 2.24) is 4.98 Å². The molecule has 2 heteroatoms. The molecule has 0 aliphatic rings. The highest BCUT2D eigenvalue weighted by Gasteiger charge is 2.11. The van der Waals surface area contributed by atoms with E-state index in [1.807, 2.05) is 0 Å². The molecule has 0 fully saturated rings. The van der Waals surface area contributed by atoms with Crippen LogP contribution in [0.3, 0.4) is 0 Å². The highest BCUT2D eigenvalue weighted by molar-refractivity contribution is 5.93. The summed E-state index contributed by atoms with van der Waals surface area (Å²) in [6, 6.07) is 8.77. The molecule has 20 heavy (non-hydrogen) atoms. The van der Waals surface area contributed by atoms with Gasteiger partial charge in [0.1, 0.15) is 0 Å². The molecule has 0 aliphatic carbocycles. The Balaban J connectivity index is 2.60. The Bertz CT molecular complexity index is 573. The van der Waals surface area contributed by atoms with Crippen LogP contribution >= 0.6 is 0 Å². The van der Waals surface area contributed by atoms with Crippen molar-refractivity contribution in [3.63, 3.8) is 0 Å². The van der Waals surface area contributed by atoms with E-state index < -0.39 is 0 Å². The molecule has 2 rings (SSSR count). The van der Waals surface area contributed by atoms with Gasteiger partial charge in [0.15, 0.2) is 0 Å². The van der Waals surface area contributed by atoms with Crippen LogP contribution in [0.2, 0.25) is 0 Å². The van der Waals surface area contributed by atoms with E-state index in [4.69, 9.17) is 4.98 Å². The molecule has 108 valence electrons. The maximum absolute atomic E-state index is 4.91. The lowest BCUT2D eigenvalue weighted by Crippen LogP contribution is -2.04. The highest BCUT2D eigenvalue weighted by atomic mass is 14.9. The number of aryl methyl sites for hydroxylation is 1. The van der Waals surface area contributed by atoms with Crippen LogP contribution in [0.5, 0.6) is 0 Å². The Morgan fingerprint density at radius 1 is 1.15 bits per heavy atom. The lowest BCUT2D eigenvalue weighted by Gasteiger charge is -2.15. The number of nitrogens with one attached hydrogen (secondary N) is 1. The van der Waals surface area contributed by atoms with E-state index in [0.717, 1.165) is 25.8 Å². The van der Waals surface area contributed by atoms with Gasteiger partial charge in [-0.2, -0.15) is 0 Å². The van der Waals surface area contributed by atoms with E-state index in [2.05, 4.69) is 57.3 Å². The van der Waals surface area contributed by atoms with Crippen LogP contribution in [0.15, 0.2) is 24.3 Å². The summed E-state index contributed by atoms with van der Waals surface area (Å²) < 4.78 is 0. The van der Waals surface area contributed by atoms with Crippen molar-refractivity contribution in [2.75, 3.05) is 11.9 Å². The molecule has 0 atom stereocenters. The first-order valence-corrected chi connectivity index (χ1v) is 7.83. The lowest BCUT2D eigenvalue weighted by molar-refractivity contribution is 0.861. The number of aromatic nitrogens is 1. The van der Waals surface area contributed by atoms with Crippen LogP contribution in [0.25, 0.3) is 10.9 Å². The molecule has 1 aromatic heterocycles. The largest absolute Gasteiger partial charge is 0.384 e. The van der Waals surface area contributed by atoms with Gasteiger partial charge in [0, 0.05) is 23.3 Å². The molecule has 0 amide bonds. The van der Waals surface area contributed by atoms with Gasteiger partial charge < -0.3 is 5.32 Å². The lowest BCUT2D eigenvalue weighted by atomic mass is 9.98. The average molecular weight is 270 g/mol. The van der Waals surface area contributed by atoms with E-state index in [9.17, 15) is 0 Å². The van der Waals surface area contributed by atoms with E-state index in [0.29, 0.717) is 5.92 Å². The molecular weight excluding hydrogens is 244 g/mol. The molecule has 0 saturated carbocycles. The molecule has 0 radical (unpaired) electrons. The van der Waals surface area contributed by atoms with Crippen molar-refractivity contribution < 1.29 is 0 Å². The number of fused-ring (bicyclic) bond motifs is 1. The van der Waals surface area contributed by atoms with E-state index in [1.165, 1.54) is 27.8 Å². The second-order valence-electron chi connectivity index (χ2n) is 5.74. The van der Waals surface area contributed by atoms with Crippen LogP contribution in [0.1, 0.15) is 57.7 Å². The van der Waals surface area contributed by atoms with Gasteiger partial charge in [-0.3, -0.25) is 4.98 Å². The third-order valence-corrected chi connectivity index (χ3v) is 3.62. The van der Waals surface area contributed by atoms with Crippen LogP contribution in [0.4, 0.5) is 5.69 Å². The predicted molar refractivity (Wildman–Crippen MR) is 88.6 cm³/mol. The fourth-order valence-corrected chi connectivity index (χ4v) is 2.58. The number of nitrogens with zero attached hydrogens (tertiary/aromatic N) is 1. The van der Waals surface area contributed by atoms with Gasteiger partial charge in [-0.15, -0.1) is 0 Å². The van der Waals surface area contributed by atoms with Crippen molar-refractivity contribution in [3.8, 4) is 0 Å². The van der Waals surface area contributed by atoms with Gasteiger partial charge in [0.05, 0.1) is 5.52 Å². The minimum atomic E-state index is 0.502. The van der Waals surface area contributed by atoms with Crippen molar-refractivity contribution in [2.24, 2.45) is 0 Å². The van der Waals surface area contributed by atoms with Crippen LogP contribution in [0, 0.1) is 0 Å². The molecule has 0 bridgehead atoms. The minimum Gasteiger partial charge on any atom is -0.384 e. The zero-order chi connectivity index (χ0) is 14.5. The summed E-state index contributed by atoms with van der Waals surface area (Å²) >= 11 is 0. The van der Waals surface area contributed by atoms with Crippen LogP contribution in [-0.4, -0.2) is 11.5 Å². The van der Waals surface area contributed by atoms with Gasteiger partial charge in [-0.05, 0) is 30.4 Å². The number of hydrogen-bond donors (Lipinski definition) is 1. The van der Waals surface area contributed by atoms with E-state index in [-0.39, 0.29) is 0 Å².